The number of nitrogens with zero attached hydrogens (tertiary/aromatic N) is 2. The van der Waals surface area contributed by atoms with Gasteiger partial charge in [0.1, 0.15) is 0 Å². The van der Waals surface area contributed by atoms with Gasteiger partial charge in [0.15, 0.2) is 0 Å². The predicted octanol–water partition coefficient (Wildman–Crippen LogP) is 3.05. The third kappa shape index (κ3) is 2.22. The number of hydrogen-bond acceptors (Lipinski definition) is 2. The SMILES string of the molecule is C=Nc1ccc(C2=CCN(C)CC2)c(C)c1. The molecular weight excluding hydrogens is 196 g/mol. The molecule has 2 heteroatoms. The van der Waals surface area contributed by atoms with E-state index in [1.807, 2.05) is 6.07 Å². The van der Waals surface area contributed by atoms with Crippen LogP contribution in [0.2, 0.25) is 0 Å². The maximum atomic E-state index is 3.95. The quantitative estimate of drug-likeness (QED) is 0.691. The summed E-state index contributed by atoms with van der Waals surface area (Å²) in [7, 11) is 2.16. The molecule has 84 valence electrons. The van der Waals surface area contributed by atoms with E-state index in [-0.39, 0.29) is 0 Å². The Morgan fingerprint density at radius 1 is 1.38 bits per heavy atom. The fourth-order valence-corrected chi connectivity index (χ4v) is 2.12. The number of aryl methyl sites for hydroxylation is 1. The minimum Gasteiger partial charge on any atom is -0.302 e. The van der Waals surface area contributed by atoms with Gasteiger partial charge in [-0.15, -0.1) is 0 Å². The summed E-state index contributed by atoms with van der Waals surface area (Å²) in [6, 6.07) is 6.30. The molecule has 2 nitrogen and oxygen atoms in total. The lowest BCUT2D eigenvalue weighted by molar-refractivity contribution is 0.370. The third-order valence-electron chi connectivity index (χ3n) is 3.15. The summed E-state index contributed by atoms with van der Waals surface area (Å²) in [5.74, 6) is 0. The van der Waals surface area contributed by atoms with Crippen LogP contribution in [-0.2, 0) is 0 Å². The van der Waals surface area contributed by atoms with Crippen molar-refractivity contribution in [2.75, 3.05) is 20.1 Å². The highest BCUT2D eigenvalue weighted by atomic mass is 15.1. The normalized spacial score (nSPS) is 17.0. The second kappa shape index (κ2) is 4.62. The molecular formula is C14H18N2. The molecule has 0 N–H and O–H groups in total. The summed E-state index contributed by atoms with van der Waals surface area (Å²) in [5, 5.41) is 0. The highest BCUT2D eigenvalue weighted by molar-refractivity contribution is 5.70. The van der Waals surface area contributed by atoms with Gasteiger partial charge in [0.2, 0.25) is 0 Å². The topological polar surface area (TPSA) is 15.6 Å². The van der Waals surface area contributed by atoms with Gasteiger partial charge in [0.05, 0.1) is 5.69 Å². The Balaban J connectivity index is 2.30. The lowest BCUT2D eigenvalue weighted by Gasteiger charge is -2.23. The largest absolute Gasteiger partial charge is 0.302 e. The van der Waals surface area contributed by atoms with Crippen LogP contribution in [0.3, 0.4) is 0 Å². The Morgan fingerprint density at radius 2 is 2.19 bits per heavy atom. The van der Waals surface area contributed by atoms with Crippen LogP contribution in [0.5, 0.6) is 0 Å². The number of aliphatic imine (C=N–C) groups is 1. The lowest BCUT2D eigenvalue weighted by atomic mass is 9.95. The summed E-state index contributed by atoms with van der Waals surface area (Å²) < 4.78 is 0. The van der Waals surface area contributed by atoms with E-state index < -0.39 is 0 Å². The molecule has 0 unspecified atom stereocenters. The molecule has 2 rings (SSSR count). The van der Waals surface area contributed by atoms with E-state index in [0.717, 1.165) is 25.2 Å². The van der Waals surface area contributed by atoms with E-state index >= 15 is 0 Å². The number of benzene rings is 1. The number of likely N-dealkylation sites (N-methyl/N-ethyl adjacent to an activating group) is 1. The first-order valence-electron chi connectivity index (χ1n) is 5.66. The molecule has 0 aliphatic carbocycles. The van der Waals surface area contributed by atoms with Gasteiger partial charge < -0.3 is 4.90 Å². The van der Waals surface area contributed by atoms with Gasteiger partial charge in [0, 0.05) is 13.1 Å². The molecule has 0 radical (unpaired) electrons. The lowest BCUT2D eigenvalue weighted by Crippen LogP contribution is -2.23. The van der Waals surface area contributed by atoms with Gasteiger partial charge in [-0.2, -0.15) is 0 Å². The Kier molecular flexibility index (Phi) is 3.20. The molecule has 1 heterocycles. The summed E-state index contributed by atoms with van der Waals surface area (Å²) in [6.45, 7) is 7.89. The highest BCUT2D eigenvalue weighted by Crippen LogP contribution is 2.27. The molecule has 0 fully saturated rings. The van der Waals surface area contributed by atoms with Crippen LogP contribution < -0.4 is 0 Å². The minimum atomic E-state index is 0.953. The molecule has 0 atom stereocenters. The monoisotopic (exact) mass is 214 g/mol. The van der Waals surface area contributed by atoms with Gasteiger partial charge in [-0.1, -0.05) is 12.1 Å². The average molecular weight is 214 g/mol. The smallest absolute Gasteiger partial charge is 0.0625 e. The summed E-state index contributed by atoms with van der Waals surface area (Å²) in [6.07, 6.45) is 3.46. The van der Waals surface area contributed by atoms with Crippen LogP contribution in [-0.4, -0.2) is 31.8 Å². The first kappa shape index (κ1) is 11.1. The van der Waals surface area contributed by atoms with Gasteiger partial charge >= 0.3 is 0 Å². The highest BCUT2D eigenvalue weighted by Gasteiger charge is 2.11. The maximum Gasteiger partial charge on any atom is 0.0625 e. The first-order chi connectivity index (χ1) is 7.70. The van der Waals surface area contributed by atoms with Crippen molar-refractivity contribution in [1.29, 1.82) is 0 Å². The van der Waals surface area contributed by atoms with E-state index in [4.69, 9.17) is 0 Å². The van der Waals surface area contributed by atoms with Crippen molar-refractivity contribution >= 4 is 18.0 Å². The van der Waals surface area contributed by atoms with Crippen LogP contribution in [0, 0.1) is 6.92 Å². The van der Waals surface area contributed by atoms with Crippen molar-refractivity contribution in [2.45, 2.75) is 13.3 Å². The van der Waals surface area contributed by atoms with Crippen LogP contribution in [0.15, 0.2) is 29.3 Å². The third-order valence-corrected chi connectivity index (χ3v) is 3.15. The Labute approximate surface area is 97.3 Å². The second-order valence-electron chi connectivity index (χ2n) is 4.40. The molecule has 0 saturated carbocycles. The van der Waals surface area contributed by atoms with Crippen LogP contribution >= 0.6 is 0 Å². The van der Waals surface area contributed by atoms with Gasteiger partial charge in [-0.05, 0) is 55.9 Å². The predicted molar refractivity (Wildman–Crippen MR) is 70.5 cm³/mol. The van der Waals surface area contributed by atoms with Crippen LogP contribution in [0.25, 0.3) is 5.57 Å². The average Bonchev–Trinajstić information content (AvgIpc) is 2.30. The molecule has 0 spiro atoms. The Bertz CT molecular complexity index is 432. The molecule has 1 aliphatic rings. The second-order valence-corrected chi connectivity index (χ2v) is 4.40. The van der Waals surface area contributed by atoms with Gasteiger partial charge in [-0.25, -0.2) is 0 Å². The number of rotatable bonds is 2. The fourth-order valence-electron chi connectivity index (χ4n) is 2.12. The van der Waals surface area contributed by atoms with Crippen molar-refractivity contribution in [3.8, 4) is 0 Å². The zero-order valence-corrected chi connectivity index (χ0v) is 10.0. The van der Waals surface area contributed by atoms with E-state index in [0.29, 0.717) is 0 Å². The van der Waals surface area contributed by atoms with Gasteiger partial charge in [-0.3, -0.25) is 4.99 Å². The standard InChI is InChI=1S/C14H18N2/c1-11-10-13(15-2)4-5-14(11)12-6-8-16(3)9-7-12/h4-6,10H,2,7-9H2,1,3H3. The summed E-state index contributed by atoms with van der Waals surface area (Å²) in [5.41, 5.74) is 5.07. The molecule has 0 aromatic heterocycles. The molecule has 0 saturated heterocycles. The zero-order chi connectivity index (χ0) is 11.5. The van der Waals surface area contributed by atoms with E-state index in [9.17, 15) is 0 Å². The summed E-state index contributed by atoms with van der Waals surface area (Å²) >= 11 is 0. The molecule has 0 bridgehead atoms. The van der Waals surface area contributed by atoms with Crippen molar-refractivity contribution in [1.82, 2.24) is 4.90 Å². The molecule has 16 heavy (non-hydrogen) atoms. The van der Waals surface area contributed by atoms with Crippen molar-refractivity contribution in [3.05, 3.63) is 35.4 Å². The van der Waals surface area contributed by atoms with Crippen molar-refractivity contribution in [3.63, 3.8) is 0 Å². The van der Waals surface area contributed by atoms with Gasteiger partial charge in [0.25, 0.3) is 0 Å². The zero-order valence-electron chi connectivity index (χ0n) is 10.0. The maximum absolute atomic E-state index is 3.95. The van der Waals surface area contributed by atoms with E-state index in [1.54, 1.807) is 0 Å². The molecule has 0 amide bonds. The number of hydrogen-bond donors (Lipinski definition) is 0. The fraction of sp³-hybridized carbons (Fsp3) is 0.357. The molecule has 1 aliphatic heterocycles. The van der Waals surface area contributed by atoms with Crippen molar-refractivity contribution in [2.24, 2.45) is 4.99 Å². The van der Waals surface area contributed by atoms with E-state index in [2.05, 4.69) is 48.8 Å². The minimum absolute atomic E-state index is 0.953. The Morgan fingerprint density at radius 3 is 2.75 bits per heavy atom. The summed E-state index contributed by atoms with van der Waals surface area (Å²) in [4.78, 5) is 6.28. The van der Waals surface area contributed by atoms with Crippen LogP contribution in [0.4, 0.5) is 5.69 Å². The van der Waals surface area contributed by atoms with Crippen LogP contribution in [0.1, 0.15) is 17.5 Å². The molecule has 1 aromatic rings. The van der Waals surface area contributed by atoms with E-state index in [1.165, 1.54) is 16.7 Å². The Hall–Kier alpha value is -1.41. The van der Waals surface area contributed by atoms with Crippen molar-refractivity contribution < 1.29 is 0 Å². The first-order valence-corrected chi connectivity index (χ1v) is 5.66. The molecule has 1 aromatic carbocycles.